The first-order valence-corrected chi connectivity index (χ1v) is 7.74. The van der Waals surface area contributed by atoms with Crippen molar-refractivity contribution in [3.8, 4) is 0 Å². The molecule has 118 valence electrons. The molecule has 2 fully saturated rings. The zero-order valence-corrected chi connectivity index (χ0v) is 12.3. The molecule has 0 bridgehead atoms. The van der Waals surface area contributed by atoms with Gasteiger partial charge in [0.05, 0.1) is 12.2 Å². The molecule has 2 aliphatic heterocycles. The number of hydrogen-bond acceptors (Lipinski definition) is 4. The van der Waals surface area contributed by atoms with Gasteiger partial charge < -0.3 is 4.74 Å². The summed E-state index contributed by atoms with van der Waals surface area (Å²) in [5.74, 6) is -1.04. The largest absolute Gasteiger partial charge is 0.375 e. The van der Waals surface area contributed by atoms with E-state index >= 15 is 0 Å². The number of nitrogens with one attached hydrogen (secondary N) is 1. The molecular formula is C16H19FN2O3. The molecule has 4 rings (SSSR count). The van der Waals surface area contributed by atoms with E-state index in [0.717, 1.165) is 44.4 Å². The molecule has 1 aromatic rings. The van der Waals surface area contributed by atoms with Gasteiger partial charge in [-0.05, 0) is 43.4 Å². The summed E-state index contributed by atoms with van der Waals surface area (Å²) < 4.78 is 20.0. The molecule has 1 spiro atoms. The Morgan fingerprint density at radius 3 is 2.86 bits per heavy atom. The number of halogens is 1. The zero-order valence-electron chi connectivity index (χ0n) is 12.3. The summed E-state index contributed by atoms with van der Waals surface area (Å²) in [6, 6.07) is 3.36. The van der Waals surface area contributed by atoms with Crippen molar-refractivity contribution in [3.05, 3.63) is 34.6 Å². The quantitative estimate of drug-likeness (QED) is 0.644. The van der Waals surface area contributed by atoms with Crippen LogP contribution in [0.15, 0.2) is 12.1 Å². The van der Waals surface area contributed by atoms with Crippen molar-refractivity contribution in [3.63, 3.8) is 0 Å². The second-order valence-electron chi connectivity index (χ2n) is 6.60. The Labute approximate surface area is 128 Å². The first-order chi connectivity index (χ1) is 10.6. The van der Waals surface area contributed by atoms with Gasteiger partial charge in [0, 0.05) is 30.3 Å². The van der Waals surface area contributed by atoms with E-state index in [1.807, 2.05) is 0 Å². The fourth-order valence-corrected chi connectivity index (χ4v) is 3.92. The third-order valence-corrected chi connectivity index (χ3v) is 5.38. The van der Waals surface area contributed by atoms with Crippen LogP contribution in [-0.2, 0) is 17.7 Å². The fourth-order valence-electron chi connectivity index (χ4n) is 3.92. The lowest BCUT2D eigenvalue weighted by atomic mass is 9.69. The summed E-state index contributed by atoms with van der Waals surface area (Å²) in [6.45, 7) is 2.33. The van der Waals surface area contributed by atoms with Gasteiger partial charge in [0.25, 0.3) is 5.91 Å². The highest BCUT2D eigenvalue weighted by Gasteiger charge is 2.51. The maximum absolute atomic E-state index is 14.3. The van der Waals surface area contributed by atoms with Crippen LogP contribution >= 0.6 is 0 Å². The van der Waals surface area contributed by atoms with Gasteiger partial charge in [0.15, 0.2) is 0 Å². The van der Waals surface area contributed by atoms with Crippen LogP contribution in [0.25, 0.3) is 0 Å². The van der Waals surface area contributed by atoms with E-state index in [1.165, 1.54) is 6.07 Å². The first-order valence-electron chi connectivity index (χ1n) is 7.74. The van der Waals surface area contributed by atoms with Crippen LogP contribution in [0.2, 0.25) is 0 Å². The minimum absolute atomic E-state index is 0.132. The SMILES string of the molecule is O=C(NO)c1cc(F)c2c(c1)CCN(C1CC3(CCO3)C1)C2. The van der Waals surface area contributed by atoms with Crippen molar-refractivity contribution in [1.82, 2.24) is 10.4 Å². The lowest BCUT2D eigenvalue weighted by molar-refractivity contribution is -0.218. The molecular weight excluding hydrogens is 287 g/mol. The summed E-state index contributed by atoms with van der Waals surface area (Å²) in [4.78, 5) is 13.8. The van der Waals surface area contributed by atoms with E-state index in [2.05, 4.69) is 4.90 Å². The van der Waals surface area contributed by atoms with E-state index in [0.29, 0.717) is 18.2 Å². The number of carbonyl (C=O) groups is 1. The lowest BCUT2D eigenvalue weighted by Gasteiger charge is -2.57. The van der Waals surface area contributed by atoms with Gasteiger partial charge in [-0.3, -0.25) is 14.9 Å². The Balaban J connectivity index is 1.50. The minimum Gasteiger partial charge on any atom is -0.375 e. The van der Waals surface area contributed by atoms with Crippen LogP contribution in [0.4, 0.5) is 4.39 Å². The molecule has 1 aliphatic carbocycles. The maximum Gasteiger partial charge on any atom is 0.274 e. The lowest BCUT2D eigenvalue weighted by Crippen LogP contribution is -2.61. The van der Waals surface area contributed by atoms with E-state index in [1.54, 1.807) is 11.5 Å². The van der Waals surface area contributed by atoms with Gasteiger partial charge in [-0.15, -0.1) is 0 Å². The zero-order chi connectivity index (χ0) is 15.3. The molecule has 3 aliphatic rings. The van der Waals surface area contributed by atoms with Gasteiger partial charge in [-0.2, -0.15) is 0 Å². The van der Waals surface area contributed by atoms with Gasteiger partial charge >= 0.3 is 0 Å². The van der Waals surface area contributed by atoms with Crippen LogP contribution in [0.3, 0.4) is 0 Å². The van der Waals surface area contributed by atoms with Gasteiger partial charge in [-0.25, -0.2) is 9.87 Å². The average molecular weight is 306 g/mol. The number of nitrogens with zero attached hydrogens (tertiary/aromatic N) is 1. The Morgan fingerprint density at radius 1 is 1.45 bits per heavy atom. The van der Waals surface area contributed by atoms with E-state index in [-0.39, 0.29) is 17.0 Å². The molecule has 1 saturated carbocycles. The Morgan fingerprint density at radius 2 is 2.23 bits per heavy atom. The van der Waals surface area contributed by atoms with Crippen molar-refractivity contribution < 1.29 is 19.1 Å². The Kier molecular flexibility index (Phi) is 3.21. The third-order valence-electron chi connectivity index (χ3n) is 5.38. The maximum atomic E-state index is 14.3. The highest BCUT2D eigenvalue weighted by atomic mass is 19.1. The van der Waals surface area contributed by atoms with E-state index in [4.69, 9.17) is 9.94 Å². The topological polar surface area (TPSA) is 61.8 Å². The minimum atomic E-state index is -0.674. The molecule has 1 amide bonds. The van der Waals surface area contributed by atoms with Gasteiger partial charge in [0.2, 0.25) is 0 Å². The molecule has 0 atom stereocenters. The van der Waals surface area contributed by atoms with Crippen LogP contribution in [-0.4, -0.2) is 40.8 Å². The second kappa shape index (κ2) is 5.01. The van der Waals surface area contributed by atoms with Crippen molar-refractivity contribution in [2.75, 3.05) is 13.2 Å². The number of ether oxygens (including phenoxy) is 1. The average Bonchev–Trinajstić information content (AvgIpc) is 2.43. The summed E-state index contributed by atoms with van der Waals surface area (Å²) >= 11 is 0. The molecule has 2 N–H and O–H groups in total. The molecule has 1 aromatic carbocycles. The standard InChI is InChI=1S/C16H19FN2O3/c17-14-6-11(15(20)18-21)5-10-1-3-19(9-13(10)14)12-7-16(8-12)2-4-22-16/h5-6,12,21H,1-4,7-9H2,(H,18,20). The number of rotatable bonds is 2. The number of fused-ring (bicyclic) bond motifs is 1. The first kappa shape index (κ1) is 14.1. The Hall–Kier alpha value is -1.50. The molecule has 1 saturated heterocycles. The molecule has 0 unspecified atom stereocenters. The van der Waals surface area contributed by atoms with Crippen LogP contribution < -0.4 is 5.48 Å². The highest BCUT2D eigenvalue weighted by Crippen LogP contribution is 2.47. The van der Waals surface area contributed by atoms with Gasteiger partial charge in [0.1, 0.15) is 5.82 Å². The van der Waals surface area contributed by atoms with Crippen molar-refractivity contribution in [2.45, 2.75) is 43.9 Å². The smallest absolute Gasteiger partial charge is 0.274 e. The fraction of sp³-hybridized carbons (Fsp3) is 0.562. The van der Waals surface area contributed by atoms with Crippen molar-refractivity contribution in [1.29, 1.82) is 0 Å². The number of hydroxylamine groups is 1. The summed E-state index contributed by atoms with van der Waals surface area (Å²) in [6.07, 6.45) is 3.98. The molecule has 22 heavy (non-hydrogen) atoms. The predicted molar refractivity (Wildman–Crippen MR) is 76.1 cm³/mol. The molecule has 6 heteroatoms. The second-order valence-corrected chi connectivity index (χ2v) is 6.60. The normalized spacial score (nSPS) is 30.4. The molecule has 0 aromatic heterocycles. The number of amides is 1. The monoisotopic (exact) mass is 306 g/mol. The van der Waals surface area contributed by atoms with Gasteiger partial charge in [-0.1, -0.05) is 0 Å². The summed E-state index contributed by atoms with van der Waals surface area (Å²) in [5, 5.41) is 8.67. The van der Waals surface area contributed by atoms with Crippen LogP contribution in [0.5, 0.6) is 0 Å². The summed E-state index contributed by atoms with van der Waals surface area (Å²) in [7, 11) is 0. The highest BCUT2D eigenvalue weighted by molar-refractivity contribution is 5.93. The van der Waals surface area contributed by atoms with Crippen LogP contribution in [0, 0.1) is 5.82 Å². The molecule has 2 heterocycles. The predicted octanol–water partition coefficient (Wildman–Crippen LogP) is 1.62. The third kappa shape index (κ3) is 2.14. The van der Waals surface area contributed by atoms with Crippen molar-refractivity contribution in [2.24, 2.45) is 0 Å². The Bertz CT molecular complexity index is 622. The van der Waals surface area contributed by atoms with Crippen molar-refractivity contribution >= 4 is 5.91 Å². The number of benzene rings is 1. The molecule has 5 nitrogen and oxygen atoms in total. The number of hydrogen-bond donors (Lipinski definition) is 2. The van der Waals surface area contributed by atoms with E-state index in [9.17, 15) is 9.18 Å². The summed E-state index contributed by atoms with van der Waals surface area (Å²) in [5.41, 5.74) is 3.39. The van der Waals surface area contributed by atoms with Crippen LogP contribution in [0.1, 0.15) is 40.7 Å². The number of carbonyl (C=O) groups excluding carboxylic acids is 1. The molecule has 0 radical (unpaired) electrons. The van der Waals surface area contributed by atoms with E-state index < -0.39 is 5.91 Å².